The molecule has 0 aliphatic rings. The van der Waals surface area contributed by atoms with Crippen LogP contribution in [-0.4, -0.2) is 34.4 Å². The Kier molecular flexibility index (Phi) is 5.94. The number of rotatable bonds is 4. The molecule has 1 rings (SSSR count). The Balaban J connectivity index is 3.34. The van der Waals surface area contributed by atoms with E-state index in [-0.39, 0.29) is 5.56 Å². The number of aryl methyl sites for hydroxylation is 1. The van der Waals surface area contributed by atoms with Crippen molar-refractivity contribution < 1.29 is 44.1 Å². The lowest BCUT2D eigenvalue weighted by Gasteiger charge is -2.19. The lowest BCUT2D eigenvalue weighted by atomic mass is 10.2. The molecule has 25 heavy (non-hydrogen) atoms. The summed E-state index contributed by atoms with van der Waals surface area (Å²) >= 11 is -2.75. The smallest absolute Gasteiger partial charge is 0.461 e. The topological polar surface area (TPSA) is 61.4 Å². The van der Waals surface area contributed by atoms with Crippen LogP contribution in [0.15, 0.2) is 22.0 Å². The van der Waals surface area contributed by atoms with Crippen molar-refractivity contribution in [3.05, 3.63) is 23.5 Å². The first-order valence-corrected chi connectivity index (χ1v) is 7.42. The molecule has 1 aromatic carbocycles. The summed E-state index contributed by atoms with van der Waals surface area (Å²) in [6, 6.07) is 0.882. The van der Waals surface area contributed by atoms with Gasteiger partial charge in [-0.15, -0.1) is 0 Å². The summed E-state index contributed by atoms with van der Waals surface area (Å²) in [6.07, 6.45) is -11.0. The van der Waals surface area contributed by atoms with Crippen LogP contribution in [0.4, 0.5) is 45.2 Å². The molecule has 0 amide bonds. The van der Waals surface area contributed by atoms with E-state index in [9.17, 15) is 44.1 Å². The van der Waals surface area contributed by atoms with E-state index in [1.54, 1.807) is 0 Å². The van der Waals surface area contributed by atoms with Gasteiger partial charge in [-0.3, -0.25) is 0 Å². The summed E-state index contributed by atoms with van der Waals surface area (Å²) < 4.78 is 125. The van der Waals surface area contributed by atoms with Crippen molar-refractivity contribution in [3.8, 4) is 0 Å². The average molecular weight is 400 g/mol. The van der Waals surface area contributed by atoms with E-state index in [0.717, 1.165) is 6.92 Å². The second-order valence-electron chi connectivity index (χ2n) is 4.74. The van der Waals surface area contributed by atoms with Gasteiger partial charge in [0.2, 0.25) is 5.75 Å². The highest BCUT2D eigenvalue weighted by Gasteiger charge is 2.61. The molecule has 0 radical (unpaired) electrons. The third-order valence-corrected chi connectivity index (χ3v) is 4.22. The molecular weight excluding hydrogens is 391 g/mol. The third-order valence-electron chi connectivity index (χ3n) is 2.70. The zero-order valence-electron chi connectivity index (χ0n) is 12.1. The maximum Gasteiger partial charge on any atom is 0.461 e. The number of nitrogens with zero attached hydrogens (tertiary/aromatic N) is 1. The molecule has 142 valence electrons. The van der Waals surface area contributed by atoms with Gasteiger partial charge in [0.25, 0.3) is 0 Å². The first-order chi connectivity index (χ1) is 11.1. The van der Waals surface area contributed by atoms with Crippen molar-refractivity contribution in [2.24, 2.45) is 10.7 Å². The van der Waals surface area contributed by atoms with E-state index in [4.69, 9.17) is 0 Å². The predicted octanol–water partition coefficient (Wildman–Crippen LogP) is 3.99. The second kappa shape index (κ2) is 6.94. The molecule has 0 fully saturated rings. The number of benzene rings is 1. The molecule has 0 spiro atoms. The van der Waals surface area contributed by atoms with Gasteiger partial charge < -0.3 is 10.3 Å². The highest BCUT2D eigenvalue weighted by atomic mass is 32.2. The van der Waals surface area contributed by atoms with Crippen LogP contribution in [0.2, 0.25) is 0 Å². The molecule has 1 aromatic rings. The number of hydrogen-bond donors (Lipinski definition) is 1. The Morgan fingerprint density at radius 2 is 1.64 bits per heavy atom. The molecule has 0 heterocycles. The maximum atomic E-state index is 13.7. The Labute approximate surface area is 137 Å². The van der Waals surface area contributed by atoms with Gasteiger partial charge >= 0.3 is 18.3 Å². The fourth-order valence-electron chi connectivity index (χ4n) is 1.54. The van der Waals surface area contributed by atoms with Crippen molar-refractivity contribution in [1.29, 1.82) is 0 Å². The highest BCUT2D eigenvalue weighted by molar-refractivity contribution is 7.91. The second-order valence-corrected chi connectivity index (χ2v) is 6.16. The lowest BCUT2D eigenvalue weighted by molar-refractivity contribution is -0.249. The minimum absolute atomic E-state index is 0.236. The SMILES string of the molecule is Cc1cc(F)c(/N=C(\N)C(F)(F)C(F)(F)F)cc1[S+]([O-])CC(F)(F)F. The van der Waals surface area contributed by atoms with E-state index in [1.807, 2.05) is 0 Å². The van der Waals surface area contributed by atoms with Crippen LogP contribution in [0.1, 0.15) is 5.56 Å². The van der Waals surface area contributed by atoms with Crippen molar-refractivity contribution in [3.63, 3.8) is 0 Å². The maximum absolute atomic E-state index is 13.7. The van der Waals surface area contributed by atoms with Crippen LogP contribution >= 0.6 is 0 Å². The van der Waals surface area contributed by atoms with E-state index >= 15 is 0 Å². The van der Waals surface area contributed by atoms with Crippen LogP contribution in [-0.2, 0) is 11.2 Å². The molecule has 0 aromatic heterocycles. The summed E-state index contributed by atoms with van der Waals surface area (Å²) in [6.45, 7) is 1.08. The lowest BCUT2D eigenvalue weighted by Crippen LogP contribution is -2.48. The summed E-state index contributed by atoms with van der Waals surface area (Å²) in [5.41, 5.74) is 3.13. The standard InChI is InChI=1S/C12H9F9N2OS/c1-5-2-6(13)7(3-8(5)25(24)4-10(14,15)16)23-9(22)11(17,18)12(19,20)21/h2-3H,4H2,1H3,(H2,22,23). The van der Waals surface area contributed by atoms with E-state index in [2.05, 4.69) is 10.7 Å². The fourth-order valence-corrected chi connectivity index (χ4v) is 2.66. The number of alkyl halides is 8. The van der Waals surface area contributed by atoms with E-state index in [0.29, 0.717) is 12.1 Å². The first kappa shape index (κ1) is 21.4. The Hall–Kier alpha value is -1.63. The van der Waals surface area contributed by atoms with Crippen molar-refractivity contribution >= 4 is 22.7 Å². The molecule has 0 saturated carbocycles. The minimum Gasteiger partial charge on any atom is -0.611 e. The quantitative estimate of drug-likeness (QED) is 0.360. The van der Waals surface area contributed by atoms with Gasteiger partial charge in [0, 0.05) is 11.6 Å². The molecule has 13 heteroatoms. The van der Waals surface area contributed by atoms with Crippen LogP contribution in [0.25, 0.3) is 0 Å². The molecule has 0 aliphatic heterocycles. The number of hydrogen-bond acceptors (Lipinski definition) is 2. The summed E-state index contributed by atoms with van der Waals surface area (Å²) in [5, 5.41) is 0. The van der Waals surface area contributed by atoms with Crippen molar-refractivity contribution in [2.75, 3.05) is 5.75 Å². The van der Waals surface area contributed by atoms with Gasteiger partial charge in [0.1, 0.15) is 11.5 Å². The molecular formula is C12H9F9N2OS. The first-order valence-electron chi connectivity index (χ1n) is 6.10. The molecule has 0 aliphatic carbocycles. The molecule has 2 N–H and O–H groups in total. The van der Waals surface area contributed by atoms with Gasteiger partial charge in [-0.25, -0.2) is 9.38 Å². The van der Waals surface area contributed by atoms with Gasteiger partial charge in [0.05, 0.1) is 0 Å². The Morgan fingerprint density at radius 3 is 2.08 bits per heavy atom. The predicted molar refractivity (Wildman–Crippen MR) is 70.8 cm³/mol. The van der Waals surface area contributed by atoms with E-state index < -0.39 is 57.4 Å². The largest absolute Gasteiger partial charge is 0.611 e. The molecule has 0 bridgehead atoms. The van der Waals surface area contributed by atoms with Gasteiger partial charge in [0.15, 0.2) is 10.7 Å². The van der Waals surface area contributed by atoms with Crippen LogP contribution in [0.3, 0.4) is 0 Å². The van der Waals surface area contributed by atoms with Crippen LogP contribution in [0, 0.1) is 12.7 Å². The normalized spacial score (nSPS) is 15.4. The number of nitrogens with two attached hydrogens (primary N) is 1. The molecule has 1 unspecified atom stereocenters. The monoisotopic (exact) mass is 400 g/mol. The minimum atomic E-state index is -6.11. The zero-order valence-corrected chi connectivity index (χ0v) is 12.9. The Morgan fingerprint density at radius 1 is 1.12 bits per heavy atom. The molecule has 1 atom stereocenters. The summed E-state index contributed by atoms with van der Waals surface area (Å²) in [5.74, 6) is -11.1. The van der Waals surface area contributed by atoms with Gasteiger partial charge in [-0.1, -0.05) is 0 Å². The third kappa shape index (κ3) is 5.17. The summed E-state index contributed by atoms with van der Waals surface area (Å²) in [7, 11) is 0. The molecule has 3 nitrogen and oxygen atoms in total. The number of aliphatic imine (C=N–C) groups is 1. The Bertz CT molecular complexity index is 670. The van der Waals surface area contributed by atoms with Crippen molar-refractivity contribution in [2.45, 2.75) is 30.1 Å². The summed E-state index contributed by atoms with van der Waals surface area (Å²) in [4.78, 5) is 1.99. The van der Waals surface area contributed by atoms with Gasteiger partial charge in [-0.05, 0) is 24.2 Å². The van der Waals surface area contributed by atoms with Crippen LogP contribution in [0.5, 0.6) is 0 Å². The number of halogens is 9. The van der Waals surface area contributed by atoms with Crippen LogP contribution < -0.4 is 5.73 Å². The van der Waals surface area contributed by atoms with Crippen molar-refractivity contribution in [1.82, 2.24) is 0 Å². The average Bonchev–Trinajstić information content (AvgIpc) is 2.38. The number of amidine groups is 1. The van der Waals surface area contributed by atoms with E-state index in [1.165, 1.54) is 0 Å². The fraction of sp³-hybridized carbons (Fsp3) is 0.417. The highest BCUT2D eigenvalue weighted by Crippen LogP contribution is 2.37. The zero-order chi connectivity index (χ0) is 19.8. The molecule has 0 saturated heterocycles. The van der Waals surface area contributed by atoms with Gasteiger partial charge in [-0.2, -0.15) is 35.1 Å².